The first-order valence-electron chi connectivity index (χ1n) is 4.73. The maximum absolute atomic E-state index is 10.5. The second kappa shape index (κ2) is 4.07. The predicted molar refractivity (Wildman–Crippen MR) is 50.1 cm³/mol. The highest BCUT2D eigenvalue weighted by molar-refractivity contribution is 5.73. The van der Waals surface area contributed by atoms with Crippen molar-refractivity contribution in [3.63, 3.8) is 0 Å². The van der Waals surface area contributed by atoms with Gasteiger partial charge in [0.25, 0.3) is 0 Å². The second-order valence-corrected chi connectivity index (χ2v) is 4.05. The van der Waals surface area contributed by atoms with Crippen LogP contribution >= 0.6 is 0 Å². The molecule has 1 rings (SSSR count). The van der Waals surface area contributed by atoms with Crippen molar-refractivity contribution in [3.05, 3.63) is 0 Å². The smallest absolute Gasteiger partial charge is 0.218 e. The number of primary amides is 1. The van der Waals surface area contributed by atoms with Crippen molar-refractivity contribution in [1.82, 2.24) is 4.90 Å². The molecule has 0 saturated carbocycles. The lowest BCUT2D eigenvalue weighted by molar-refractivity contribution is -0.118. The third-order valence-corrected chi connectivity index (χ3v) is 2.61. The molecule has 76 valence electrons. The van der Waals surface area contributed by atoms with Crippen LogP contribution < -0.4 is 5.73 Å². The van der Waals surface area contributed by atoms with Crippen molar-refractivity contribution < 1.29 is 9.90 Å². The van der Waals surface area contributed by atoms with Crippen LogP contribution in [0, 0.1) is 0 Å². The summed E-state index contributed by atoms with van der Waals surface area (Å²) >= 11 is 0. The van der Waals surface area contributed by atoms with Gasteiger partial charge in [0, 0.05) is 26.1 Å². The number of piperidine rings is 1. The number of nitrogens with two attached hydrogens (primary N) is 1. The Morgan fingerprint density at radius 3 is 2.54 bits per heavy atom. The third-order valence-electron chi connectivity index (χ3n) is 2.61. The number of hydrogen-bond donors (Lipinski definition) is 2. The second-order valence-electron chi connectivity index (χ2n) is 4.05. The standard InChI is InChI=1S/C9H18N2O2/c1-9(13)3-6-11(7-4-9)5-2-8(10)12/h13H,2-7H2,1H3,(H2,10,12). The van der Waals surface area contributed by atoms with Gasteiger partial charge in [-0.2, -0.15) is 0 Å². The molecule has 1 amide bonds. The molecule has 1 aliphatic rings. The van der Waals surface area contributed by atoms with E-state index in [1.807, 2.05) is 6.92 Å². The van der Waals surface area contributed by atoms with Gasteiger partial charge in [0.05, 0.1) is 5.60 Å². The van der Waals surface area contributed by atoms with Crippen molar-refractivity contribution in [2.45, 2.75) is 31.8 Å². The summed E-state index contributed by atoms with van der Waals surface area (Å²) in [5.41, 5.74) is 4.54. The molecule has 0 atom stereocenters. The highest BCUT2D eigenvalue weighted by Crippen LogP contribution is 2.20. The van der Waals surface area contributed by atoms with E-state index in [1.54, 1.807) is 0 Å². The van der Waals surface area contributed by atoms with Crippen molar-refractivity contribution >= 4 is 5.91 Å². The Morgan fingerprint density at radius 2 is 2.08 bits per heavy atom. The summed E-state index contributed by atoms with van der Waals surface area (Å²) in [6, 6.07) is 0. The van der Waals surface area contributed by atoms with Crippen LogP contribution in [0.4, 0.5) is 0 Å². The van der Waals surface area contributed by atoms with Crippen molar-refractivity contribution in [2.75, 3.05) is 19.6 Å². The number of carbonyl (C=O) groups excluding carboxylic acids is 1. The Morgan fingerprint density at radius 1 is 1.54 bits per heavy atom. The lowest BCUT2D eigenvalue weighted by Crippen LogP contribution is -2.43. The predicted octanol–water partition coefficient (Wildman–Crippen LogP) is -0.291. The maximum Gasteiger partial charge on any atom is 0.218 e. The van der Waals surface area contributed by atoms with E-state index in [-0.39, 0.29) is 5.91 Å². The zero-order chi connectivity index (χ0) is 9.90. The summed E-state index contributed by atoms with van der Waals surface area (Å²) in [5.74, 6) is -0.252. The van der Waals surface area contributed by atoms with E-state index in [2.05, 4.69) is 4.90 Å². The minimum atomic E-state index is -0.511. The Balaban J connectivity index is 2.21. The van der Waals surface area contributed by atoms with E-state index >= 15 is 0 Å². The molecule has 0 bridgehead atoms. The minimum absolute atomic E-state index is 0.252. The number of rotatable bonds is 3. The van der Waals surface area contributed by atoms with Gasteiger partial charge in [-0.05, 0) is 19.8 Å². The summed E-state index contributed by atoms with van der Waals surface area (Å²) in [7, 11) is 0. The molecule has 1 fully saturated rings. The molecule has 0 aromatic rings. The number of aliphatic hydroxyl groups is 1. The first kappa shape index (κ1) is 10.5. The number of carbonyl (C=O) groups is 1. The van der Waals surface area contributed by atoms with Gasteiger partial charge in [0.1, 0.15) is 0 Å². The largest absolute Gasteiger partial charge is 0.390 e. The van der Waals surface area contributed by atoms with Gasteiger partial charge < -0.3 is 15.7 Å². The fourth-order valence-electron chi connectivity index (χ4n) is 1.53. The molecule has 3 N–H and O–H groups in total. The Bertz CT molecular complexity index is 182. The van der Waals surface area contributed by atoms with Crippen LogP contribution in [0.5, 0.6) is 0 Å². The molecular formula is C9H18N2O2. The fourth-order valence-corrected chi connectivity index (χ4v) is 1.53. The number of amides is 1. The van der Waals surface area contributed by atoms with E-state index in [1.165, 1.54) is 0 Å². The topological polar surface area (TPSA) is 66.6 Å². The van der Waals surface area contributed by atoms with Gasteiger partial charge in [0.15, 0.2) is 0 Å². The van der Waals surface area contributed by atoms with Crippen LogP contribution in [-0.2, 0) is 4.79 Å². The highest BCUT2D eigenvalue weighted by atomic mass is 16.3. The third kappa shape index (κ3) is 3.74. The molecule has 0 aromatic carbocycles. The molecular weight excluding hydrogens is 168 g/mol. The SMILES string of the molecule is CC1(O)CCN(CCC(N)=O)CC1. The molecule has 4 heteroatoms. The lowest BCUT2D eigenvalue weighted by Gasteiger charge is -2.35. The average molecular weight is 186 g/mol. The lowest BCUT2D eigenvalue weighted by atomic mass is 9.94. The molecule has 0 aliphatic carbocycles. The molecule has 1 heterocycles. The fraction of sp³-hybridized carbons (Fsp3) is 0.889. The number of hydrogen-bond acceptors (Lipinski definition) is 3. The normalized spacial score (nSPS) is 22.9. The summed E-state index contributed by atoms with van der Waals surface area (Å²) < 4.78 is 0. The minimum Gasteiger partial charge on any atom is -0.390 e. The van der Waals surface area contributed by atoms with Crippen molar-refractivity contribution in [2.24, 2.45) is 5.73 Å². The van der Waals surface area contributed by atoms with Crippen LogP contribution in [0.2, 0.25) is 0 Å². The average Bonchev–Trinajstić information content (AvgIpc) is 2.02. The Hall–Kier alpha value is -0.610. The van der Waals surface area contributed by atoms with E-state index in [9.17, 15) is 9.90 Å². The molecule has 0 unspecified atom stereocenters. The van der Waals surface area contributed by atoms with Crippen LogP contribution in [0.3, 0.4) is 0 Å². The molecule has 0 aromatic heterocycles. The van der Waals surface area contributed by atoms with Gasteiger partial charge in [-0.15, -0.1) is 0 Å². The van der Waals surface area contributed by atoms with Gasteiger partial charge >= 0.3 is 0 Å². The van der Waals surface area contributed by atoms with Crippen molar-refractivity contribution in [1.29, 1.82) is 0 Å². The summed E-state index contributed by atoms with van der Waals surface area (Å²) in [4.78, 5) is 12.7. The van der Waals surface area contributed by atoms with Gasteiger partial charge in [-0.1, -0.05) is 0 Å². The zero-order valence-electron chi connectivity index (χ0n) is 8.12. The van der Waals surface area contributed by atoms with Gasteiger partial charge in [-0.25, -0.2) is 0 Å². The Kier molecular flexibility index (Phi) is 3.27. The number of nitrogens with zero attached hydrogens (tertiary/aromatic N) is 1. The molecule has 1 saturated heterocycles. The van der Waals surface area contributed by atoms with E-state index in [4.69, 9.17) is 5.73 Å². The Labute approximate surface area is 78.7 Å². The molecule has 1 aliphatic heterocycles. The first-order chi connectivity index (χ1) is 5.99. The van der Waals surface area contributed by atoms with Crippen LogP contribution in [-0.4, -0.2) is 41.1 Å². The molecule has 0 radical (unpaired) electrons. The summed E-state index contributed by atoms with van der Waals surface area (Å²) in [6.07, 6.45) is 1.99. The quantitative estimate of drug-likeness (QED) is 0.636. The van der Waals surface area contributed by atoms with Crippen LogP contribution in [0.25, 0.3) is 0 Å². The molecule has 13 heavy (non-hydrogen) atoms. The zero-order valence-corrected chi connectivity index (χ0v) is 8.12. The summed E-state index contributed by atoms with van der Waals surface area (Å²) in [5, 5.41) is 9.65. The molecule has 0 spiro atoms. The summed E-state index contributed by atoms with van der Waals surface area (Å²) in [6.45, 7) is 4.31. The van der Waals surface area contributed by atoms with Crippen LogP contribution in [0.1, 0.15) is 26.2 Å². The van der Waals surface area contributed by atoms with E-state index < -0.39 is 5.60 Å². The highest BCUT2D eigenvalue weighted by Gasteiger charge is 2.26. The van der Waals surface area contributed by atoms with Crippen molar-refractivity contribution in [3.8, 4) is 0 Å². The number of likely N-dealkylation sites (tertiary alicyclic amines) is 1. The van der Waals surface area contributed by atoms with E-state index in [0.717, 1.165) is 32.5 Å². The monoisotopic (exact) mass is 186 g/mol. The first-order valence-corrected chi connectivity index (χ1v) is 4.73. The van der Waals surface area contributed by atoms with E-state index in [0.29, 0.717) is 6.42 Å². The molecule has 4 nitrogen and oxygen atoms in total. The van der Waals surface area contributed by atoms with Gasteiger partial charge in [-0.3, -0.25) is 4.79 Å². The van der Waals surface area contributed by atoms with Gasteiger partial charge in [0.2, 0.25) is 5.91 Å². The van der Waals surface area contributed by atoms with Crippen LogP contribution in [0.15, 0.2) is 0 Å². The maximum atomic E-state index is 10.5.